The molecule has 4 rings (SSSR count). The van der Waals surface area contributed by atoms with Crippen LogP contribution in [0.1, 0.15) is 37.3 Å². The Labute approximate surface area is 170 Å². The van der Waals surface area contributed by atoms with Gasteiger partial charge in [-0.25, -0.2) is 14.4 Å². The van der Waals surface area contributed by atoms with Crippen LogP contribution in [0.5, 0.6) is 0 Å². The van der Waals surface area contributed by atoms with Crippen molar-refractivity contribution in [1.82, 2.24) is 14.9 Å². The van der Waals surface area contributed by atoms with Gasteiger partial charge in [0.1, 0.15) is 11.9 Å². The summed E-state index contributed by atoms with van der Waals surface area (Å²) in [6.07, 6.45) is 4.80. The molecule has 6 nitrogen and oxygen atoms in total. The van der Waals surface area contributed by atoms with Gasteiger partial charge >= 0.3 is 0 Å². The van der Waals surface area contributed by atoms with Crippen LogP contribution in [-0.2, 0) is 9.53 Å². The highest BCUT2D eigenvalue weighted by Crippen LogP contribution is 2.36. The van der Waals surface area contributed by atoms with Crippen molar-refractivity contribution in [2.45, 2.75) is 37.7 Å². The van der Waals surface area contributed by atoms with Crippen molar-refractivity contribution in [3.63, 3.8) is 0 Å². The second-order valence-corrected chi connectivity index (χ2v) is 7.94. The van der Waals surface area contributed by atoms with Crippen LogP contribution in [-0.4, -0.2) is 60.7 Å². The predicted octanol–water partition coefficient (Wildman–Crippen LogP) is 3.23. The minimum atomic E-state index is -0.278. The zero-order valence-electron chi connectivity index (χ0n) is 17.0. The van der Waals surface area contributed by atoms with E-state index in [4.69, 9.17) is 9.72 Å². The van der Waals surface area contributed by atoms with E-state index in [1.54, 1.807) is 18.3 Å². The van der Waals surface area contributed by atoms with Crippen LogP contribution in [0, 0.1) is 5.82 Å². The van der Waals surface area contributed by atoms with Gasteiger partial charge in [0.15, 0.2) is 0 Å². The Morgan fingerprint density at radius 1 is 1.17 bits per heavy atom. The van der Waals surface area contributed by atoms with Crippen LogP contribution in [0.25, 0.3) is 11.1 Å². The molecule has 3 heterocycles. The molecule has 154 valence electrons. The number of likely N-dealkylation sites (tertiary alicyclic amines) is 1. The summed E-state index contributed by atoms with van der Waals surface area (Å²) in [5.74, 6) is 0.589. The quantitative estimate of drug-likeness (QED) is 0.791. The second-order valence-electron chi connectivity index (χ2n) is 7.94. The first kappa shape index (κ1) is 19.8. The first-order valence-corrected chi connectivity index (χ1v) is 10.2. The Balaban J connectivity index is 1.58. The summed E-state index contributed by atoms with van der Waals surface area (Å²) in [6.45, 7) is 2.01. The number of aromatic nitrogens is 2. The first-order valence-electron chi connectivity index (χ1n) is 10.2. The fourth-order valence-corrected chi connectivity index (χ4v) is 4.15. The van der Waals surface area contributed by atoms with Crippen LogP contribution < -0.4 is 4.90 Å². The lowest BCUT2D eigenvalue weighted by atomic mass is 9.88. The van der Waals surface area contributed by atoms with Crippen LogP contribution in [0.4, 0.5) is 10.3 Å². The summed E-state index contributed by atoms with van der Waals surface area (Å²) in [7, 11) is 3.79. The topological polar surface area (TPSA) is 58.6 Å². The van der Waals surface area contributed by atoms with E-state index < -0.39 is 0 Å². The van der Waals surface area contributed by atoms with Crippen LogP contribution in [0.2, 0.25) is 0 Å². The molecule has 0 bridgehead atoms. The first-order chi connectivity index (χ1) is 14.0. The molecule has 2 aliphatic heterocycles. The number of carbonyl (C=O) groups is 1. The number of amides is 1. The summed E-state index contributed by atoms with van der Waals surface area (Å²) in [5, 5.41) is 0. The number of halogens is 1. The molecule has 2 fully saturated rings. The SMILES string of the molecule is CN(C)c1ncc(-c2ccccc2F)c(C2CCN(C(=O)C3CCCO3)CC2)n1. The highest BCUT2D eigenvalue weighted by molar-refractivity contribution is 5.81. The summed E-state index contributed by atoms with van der Waals surface area (Å²) < 4.78 is 20.0. The van der Waals surface area contributed by atoms with E-state index in [1.165, 1.54) is 6.07 Å². The third kappa shape index (κ3) is 4.10. The van der Waals surface area contributed by atoms with Crippen molar-refractivity contribution >= 4 is 11.9 Å². The minimum absolute atomic E-state index is 0.104. The number of benzene rings is 1. The van der Waals surface area contributed by atoms with Gasteiger partial charge < -0.3 is 14.5 Å². The molecule has 0 spiro atoms. The summed E-state index contributed by atoms with van der Waals surface area (Å²) in [6, 6.07) is 6.73. The molecular formula is C22H27FN4O2. The fraction of sp³-hybridized carbons (Fsp3) is 0.500. The molecule has 0 saturated carbocycles. The van der Waals surface area contributed by atoms with Crippen molar-refractivity contribution in [2.24, 2.45) is 0 Å². The normalized spacial score (nSPS) is 20.1. The fourth-order valence-electron chi connectivity index (χ4n) is 4.15. The van der Waals surface area contributed by atoms with Crippen molar-refractivity contribution in [2.75, 3.05) is 38.7 Å². The number of nitrogens with zero attached hydrogens (tertiary/aromatic N) is 4. The number of piperidine rings is 1. The standard InChI is InChI=1S/C22H27FN4O2/c1-26(2)22-24-14-17(16-6-3-4-7-18(16)23)20(25-22)15-9-11-27(12-10-15)21(28)19-8-5-13-29-19/h3-4,6-7,14-15,19H,5,8-13H2,1-2H3. The van der Waals surface area contributed by atoms with Crippen molar-refractivity contribution in [1.29, 1.82) is 0 Å². The van der Waals surface area contributed by atoms with E-state index in [-0.39, 0.29) is 23.7 Å². The highest BCUT2D eigenvalue weighted by atomic mass is 19.1. The molecule has 0 aliphatic carbocycles. The molecule has 1 aromatic carbocycles. The van der Waals surface area contributed by atoms with Gasteiger partial charge in [0.2, 0.25) is 5.95 Å². The van der Waals surface area contributed by atoms with Gasteiger partial charge in [-0.3, -0.25) is 4.79 Å². The number of rotatable bonds is 4. The van der Waals surface area contributed by atoms with Crippen molar-refractivity contribution in [3.8, 4) is 11.1 Å². The summed E-state index contributed by atoms with van der Waals surface area (Å²) in [5.41, 5.74) is 2.11. The van der Waals surface area contributed by atoms with E-state index in [0.29, 0.717) is 31.2 Å². The largest absolute Gasteiger partial charge is 0.368 e. The molecule has 2 aromatic rings. The predicted molar refractivity (Wildman–Crippen MR) is 109 cm³/mol. The Hall–Kier alpha value is -2.54. The molecule has 0 radical (unpaired) electrons. The lowest BCUT2D eigenvalue weighted by molar-refractivity contribution is -0.142. The van der Waals surface area contributed by atoms with Gasteiger partial charge in [0, 0.05) is 57.0 Å². The van der Waals surface area contributed by atoms with Gasteiger partial charge in [-0.05, 0) is 31.7 Å². The molecule has 1 atom stereocenters. The number of hydrogen-bond acceptors (Lipinski definition) is 5. The van der Waals surface area contributed by atoms with Gasteiger partial charge in [0.25, 0.3) is 5.91 Å². The van der Waals surface area contributed by atoms with Crippen molar-refractivity contribution in [3.05, 3.63) is 42.0 Å². The monoisotopic (exact) mass is 398 g/mol. The average Bonchev–Trinajstić information content (AvgIpc) is 3.28. The second kappa shape index (κ2) is 8.45. The molecule has 1 unspecified atom stereocenters. The molecule has 2 aliphatic rings. The Bertz CT molecular complexity index is 875. The Morgan fingerprint density at radius 2 is 1.93 bits per heavy atom. The average molecular weight is 398 g/mol. The van der Waals surface area contributed by atoms with E-state index in [0.717, 1.165) is 36.9 Å². The van der Waals surface area contributed by atoms with Crippen molar-refractivity contribution < 1.29 is 13.9 Å². The molecule has 7 heteroatoms. The zero-order valence-corrected chi connectivity index (χ0v) is 17.0. The number of ether oxygens (including phenoxy) is 1. The molecule has 0 N–H and O–H groups in total. The van der Waals surface area contributed by atoms with Crippen LogP contribution >= 0.6 is 0 Å². The van der Waals surface area contributed by atoms with Gasteiger partial charge in [0.05, 0.1) is 5.69 Å². The Kier molecular flexibility index (Phi) is 5.76. The molecule has 1 amide bonds. The zero-order chi connectivity index (χ0) is 20.4. The molecule has 29 heavy (non-hydrogen) atoms. The maximum absolute atomic E-state index is 14.5. The molecule has 1 aromatic heterocycles. The summed E-state index contributed by atoms with van der Waals surface area (Å²) in [4.78, 5) is 25.6. The number of carbonyl (C=O) groups excluding carboxylic acids is 1. The van der Waals surface area contributed by atoms with Crippen LogP contribution in [0.15, 0.2) is 30.5 Å². The minimum Gasteiger partial charge on any atom is -0.368 e. The third-order valence-electron chi connectivity index (χ3n) is 5.77. The van der Waals surface area contributed by atoms with Gasteiger partial charge in [-0.1, -0.05) is 18.2 Å². The third-order valence-corrected chi connectivity index (χ3v) is 5.77. The molecular weight excluding hydrogens is 371 g/mol. The summed E-state index contributed by atoms with van der Waals surface area (Å²) >= 11 is 0. The van der Waals surface area contributed by atoms with E-state index >= 15 is 0 Å². The lowest BCUT2D eigenvalue weighted by Crippen LogP contribution is -2.43. The maximum Gasteiger partial charge on any atom is 0.251 e. The number of anilines is 1. The number of hydrogen-bond donors (Lipinski definition) is 0. The van der Waals surface area contributed by atoms with E-state index in [2.05, 4.69) is 4.98 Å². The van der Waals surface area contributed by atoms with Gasteiger partial charge in [-0.15, -0.1) is 0 Å². The van der Waals surface area contributed by atoms with Crippen LogP contribution in [0.3, 0.4) is 0 Å². The lowest BCUT2D eigenvalue weighted by Gasteiger charge is -2.34. The maximum atomic E-state index is 14.5. The van der Waals surface area contributed by atoms with Gasteiger partial charge in [-0.2, -0.15) is 0 Å². The molecule has 2 saturated heterocycles. The van der Waals surface area contributed by atoms with E-state index in [1.807, 2.05) is 30.0 Å². The smallest absolute Gasteiger partial charge is 0.251 e. The Morgan fingerprint density at radius 3 is 2.59 bits per heavy atom. The highest BCUT2D eigenvalue weighted by Gasteiger charge is 2.32. The van der Waals surface area contributed by atoms with E-state index in [9.17, 15) is 9.18 Å².